The van der Waals surface area contributed by atoms with Crippen LogP contribution in [0.3, 0.4) is 0 Å². The van der Waals surface area contributed by atoms with Crippen molar-refractivity contribution in [2.24, 2.45) is 11.5 Å². The van der Waals surface area contributed by atoms with Crippen LogP contribution in [0.15, 0.2) is 0 Å². The maximum atomic E-state index is 9.85. The second-order valence-corrected chi connectivity index (χ2v) is 3.09. The SMILES string of the molecule is N[C@@H](CC(=O)O)C(=O)O.N[C@@H](CC(=O)O)C(=O)O.[Ca]. The Morgan fingerprint density at radius 1 is 0.737 bits per heavy atom. The summed E-state index contributed by atoms with van der Waals surface area (Å²) in [6.45, 7) is 0. The maximum Gasteiger partial charge on any atom is 0.321 e. The molecule has 11 heteroatoms. The first-order chi connectivity index (χ1) is 8.07. The van der Waals surface area contributed by atoms with Gasteiger partial charge in [-0.2, -0.15) is 0 Å². The Hall–Kier alpha value is -0.940. The van der Waals surface area contributed by atoms with E-state index in [2.05, 4.69) is 0 Å². The molecule has 0 bridgehead atoms. The van der Waals surface area contributed by atoms with Crippen molar-refractivity contribution in [3.05, 3.63) is 0 Å². The summed E-state index contributed by atoms with van der Waals surface area (Å²) in [5.74, 6) is -5.00. The van der Waals surface area contributed by atoms with Gasteiger partial charge in [-0.25, -0.2) is 0 Å². The Morgan fingerprint density at radius 2 is 0.947 bits per heavy atom. The fourth-order valence-electron chi connectivity index (χ4n) is 0.551. The van der Waals surface area contributed by atoms with Crippen LogP contribution in [0.4, 0.5) is 0 Å². The number of carboxylic acid groups (broad SMARTS) is 4. The van der Waals surface area contributed by atoms with E-state index in [0.29, 0.717) is 0 Å². The quantitative estimate of drug-likeness (QED) is 0.282. The molecule has 0 fully saturated rings. The van der Waals surface area contributed by atoms with E-state index in [1.807, 2.05) is 0 Å². The Labute approximate surface area is 137 Å². The molecule has 0 aliphatic heterocycles. The van der Waals surface area contributed by atoms with E-state index in [9.17, 15) is 19.2 Å². The molecule has 0 unspecified atom stereocenters. The van der Waals surface area contributed by atoms with E-state index < -0.39 is 48.8 Å². The van der Waals surface area contributed by atoms with Crippen molar-refractivity contribution < 1.29 is 39.6 Å². The van der Waals surface area contributed by atoms with E-state index >= 15 is 0 Å². The third-order valence-corrected chi connectivity index (χ3v) is 1.42. The van der Waals surface area contributed by atoms with Crippen LogP contribution in [0, 0.1) is 0 Å². The van der Waals surface area contributed by atoms with E-state index in [1.54, 1.807) is 0 Å². The minimum Gasteiger partial charge on any atom is -0.481 e. The van der Waals surface area contributed by atoms with Gasteiger partial charge in [-0.05, 0) is 0 Å². The molecule has 2 radical (unpaired) electrons. The molecule has 2 atom stereocenters. The normalized spacial score (nSPS) is 11.9. The largest absolute Gasteiger partial charge is 0.481 e. The van der Waals surface area contributed by atoms with Crippen LogP contribution in [0.25, 0.3) is 0 Å². The molecule has 10 nitrogen and oxygen atoms in total. The van der Waals surface area contributed by atoms with Gasteiger partial charge in [0.25, 0.3) is 0 Å². The van der Waals surface area contributed by atoms with Crippen LogP contribution in [-0.4, -0.2) is 94.1 Å². The summed E-state index contributed by atoms with van der Waals surface area (Å²) in [6, 6.07) is -2.58. The molecular formula is C8H14CaN2O8. The van der Waals surface area contributed by atoms with Crippen molar-refractivity contribution in [2.45, 2.75) is 24.9 Å². The van der Waals surface area contributed by atoms with Crippen LogP contribution in [0.1, 0.15) is 12.8 Å². The Kier molecular flexibility index (Phi) is 14.8. The summed E-state index contributed by atoms with van der Waals surface area (Å²) >= 11 is 0. The van der Waals surface area contributed by atoms with Gasteiger partial charge in [-0.3, -0.25) is 19.2 Å². The van der Waals surface area contributed by atoms with Gasteiger partial charge in [0.1, 0.15) is 12.1 Å². The molecule has 0 aliphatic rings. The molecule has 0 aliphatic carbocycles. The van der Waals surface area contributed by atoms with Crippen molar-refractivity contribution >= 4 is 61.6 Å². The summed E-state index contributed by atoms with van der Waals surface area (Å²) < 4.78 is 0. The Balaban J connectivity index is -0.000000256. The number of carbonyl (C=O) groups is 4. The molecule has 0 aromatic carbocycles. The van der Waals surface area contributed by atoms with E-state index in [0.717, 1.165) is 0 Å². The molecule has 0 spiro atoms. The predicted molar refractivity (Wildman–Crippen MR) is 61.5 cm³/mol. The second-order valence-electron chi connectivity index (χ2n) is 3.09. The third kappa shape index (κ3) is 17.1. The molecule has 0 amide bonds. The van der Waals surface area contributed by atoms with Gasteiger partial charge in [-0.15, -0.1) is 0 Å². The fraction of sp³-hybridized carbons (Fsp3) is 0.500. The van der Waals surface area contributed by atoms with Gasteiger partial charge in [0, 0.05) is 37.7 Å². The summed E-state index contributed by atoms with van der Waals surface area (Å²) in [5, 5.41) is 32.1. The van der Waals surface area contributed by atoms with Crippen molar-refractivity contribution in [2.75, 3.05) is 0 Å². The van der Waals surface area contributed by atoms with E-state index in [4.69, 9.17) is 31.9 Å². The van der Waals surface area contributed by atoms with E-state index in [-0.39, 0.29) is 37.7 Å². The number of hydrogen-bond acceptors (Lipinski definition) is 6. The zero-order valence-electron chi connectivity index (χ0n) is 9.85. The smallest absolute Gasteiger partial charge is 0.321 e. The van der Waals surface area contributed by atoms with Gasteiger partial charge < -0.3 is 31.9 Å². The Bertz CT molecular complexity index is 303. The monoisotopic (exact) mass is 306 g/mol. The van der Waals surface area contributed by atoms with Gasteiger partial charge in [-0.1, -0.05) is 0 Å². The number of aliphatic carboxylic acids is 4. The Morgan fingerprint density at radius 3 is 1.00 bits per heavy atom. The second kappa shape index (κ2) is 12.1. The number of hydrogen-bond donors (Lipinski definition) is 6. The van der Waals surface area contributed by atoms with Crippen LogP contribution in [-0.2, 0) is 19.2 Å². The van der Waals surface area contributed by atoms with E-state index in [1.165, 1.54) is 0 Å². The minimum atomic E-state index is -1.29. The van der Waals surface area contributed by atoms with Gasteiger partial charge in [0.15, 0.2) is 0 Å². The van der Waals surface area contributed by atoms with Crippen molar-refractivity contribution in [3.63, 3.8) is 0 Å². The zero-order chi connectivity index (χ0) is 14.9. The topological polar surface area (TPSA) is 201 Å². The molecule has 0 saturated heterocycles. The first kappa shape index (κ1) is 23.2. The van der Waals surface area contributed by atoms with Crippen molar-refractivity contribution in [3.8, 4) is 0 Å². The molecule has 106 valence electrons. The molecule has 0 heterocycles. The third-order valence-electron chi connectivity index (χ3n) is 1.42. The fourth-order valence-corrected chi connectivity index (χ4v) is 0.551. The summed E-state index contributed by atoms with van der Waals surface area (Å²) in [6.07, 6.45) is -1.06. The van der Waals surface area contributed by atoms with Crippen LogP contribution >= 0.6 is 0 Å². The molecule has 0 aromatic rings. The van der Waals surface area contributed by atoms with Crippen molar-refractivity contribution in [1.29, 1.82) is 0 Å². The van der Waals surface area contributed by atoms with Gasteiger partial charge in [0.05, 0.1) is 12.8 Å². The molecule has 0 aromatic heterocycles. The first-order valence-corrected chi connectivity index (χ1v) is 4.48. The standard InChI is InChI=1S/2C4H7NO4.Ca/c2*5-2(4(8)9)1-3(6)7;/h2*2H,1,5H2,(H,6,7)(H,8,9);/t2*2-;/m00./s1. The number of nitrogens with two attached hydrogens (primary N) is 2. The maximum absolute atomic E-state index is 9.85. The molecule has 0 saturated carbocycles. The average Bonchev–Trinajstić information content (AvgIpc) is 2.16. The van der Waals surface area contributed by atoms with Gasteiger partial charge in [0.2, 0.25) is 0 Å². The average molecular weight is 306 g/mol. The number of carboxylic acids is 4. The molecular weight excluding hydrogens is 292 g/mol. The van der Waals surface area contributed by atoms with Crippen LogP contribution in [0.2, 0.25) is 0 Å². The predicted octanol–water partition coefficient (Wildman–Crippen LogP) is -2.63. The van der Waals surface area contributed by atoms with Gasteiger partial charge >= 0.3 is 23.9 Å². The molecule has 0 rings (SSSR count). The minimum absolute atomic E-state index is 0. The first-order valence-electron chi connectivity index (χ1n) is 4.48. The summed E-state index contributed by atoms with van der Waals surface area (Å²) in [4.78, 5) is 39.2. The molecule has 8 N–H and O–H groups in total. The summed E-state index contributed by atoms with van der Waals surface area (Å²) in [5.41, 5.74) is 9.67. The van der Waals surface area contributed by atoms with Crippen LogP contribution < -0.4 is 11.5 Å². The number of rotatable bonds is 6. The summed E-state index contributed by atoms with van der Waals surface area (Å²) in [7, 11) is 0. The van der Waals surface area contributed by atoms with Crippen LogP contribution in [0.5, 0.6) is 0 Å². The molecule has 19 heavy (non-hydrogen) atoms. The zero-order valence-corrected chi connectivity index (χ0v) is 12.1. The van der Waals surface area contributed by atoms with Crippen molar-refractivity contribution in [1.82, 2.24) is 0 Å².